The molecule has 0 aliphatic carbocycles. The monoisotopic (exact) mass is 276 g/mol. The van der Waals surface area contributed by atoms with E-state index < -0.39 is 0 Å². The zero-order valence-corrected chi connectivity index (χ0v) is 11.7. The summed E-state index contributed by atoms with van der Waals surface area (Å²) in [7, 11) is 0. The second kappa shape index (κ2) is 5.71. The van der Waals surface area contributed by atoms with Crippen molar-refractivity contribution in [2.24, 2.45) is 0 Å². The van der Waals surface area contributed by atoms with E-state index in [1.165, 1.54) is 6.42 Å². The van der Waals surface area contributed by atoms with Gasteiger partial charge in [0, 0.05) is 18.2 Å². The molecular formula is C15H20N2O3. The van der Waals surface area contributed by atoms with Gasteiger partial charge in [0.2, 0.25) is 6.79 Å². The number of ether oxygens (including phenoxy) is 2. The van der Waals surface area contributed by atoms with Crippen molar-refractivity contribution >= 4 is 5.91 Å². The van der Waals surface area contributed by atoms with Crippen LogP contribution in [0, 0.1) is 0 Å². The van der Waals surface area contributed by atoms with E-state index in [0.29, 0.717) is 29.6 Å². The number of nitrogens with one attached hydrogen (secondary N) is 1. The maximum atomic E-state index is 12.2. The van der Waals surface area contributed by atoms with Crippen molar-refractivity contribution in [3.63, 3.8) is 0 Å². The molecule has 1 unspecified atom stereocenters. The highest BCUT2D eigenvalue weighted by Gasteiger charge is 2.23. The van der Waals surface area contributed by atoms with Crippen molar-refractivity contribution < 1.29 is 14.3 Å². The highest BCUT2D eigenvalue weighted by molar-refractivity contribution is 5.94. The predicted molar refractivity (Wildman–Crippen MR) is 75.2 cm³/mol. The molecule has 20 heavy (non-hydrogen) atoms. The molecule has 0 radical (unpaired) electrons. The molecule has 2 aliphatic heterocycles. The Balaban J connectivity index is 1.59. The first kappa shape index (κ1) is 13.2. The van der Waals surface area contributed by atoms with Gasteiger partial charge in [0.1, 0.15) is 0 Å². The Labute approximate surface area is 118 Å². The van der Waals surface area contributed by atoms with Gasteiger partial charge in [-0.2, -0.15) is 0 Å². The molecule has 0 aromatic heterocycles. The molecule has 1 fully saturated rings. The van der Waals surface area contributed by atoms with Gasteiger partial charge in [0.25, 0.3) is 5.91 Å². The van der Waals surface area contributed by atoms with Crippen molar-refractivity contribution in [3.05, 3.63) is 23.8 Å². The minimum Gasteiger partial charge on any atom is -0.454 e. The lowest BCUT2D eigenvalue weighted by Gasteiger charge is -2.22. The van der Waals surface area contributed by atoms with Crippen LogP contribution in [0.15, 0.2) is 18.2 Å². The van der Waals surface area contributed by atoms with E-state index in [-0.39, 0.29) is 12.7 Å². The molecule has 2 aliphatic rings. The number of carbonyl (C=O) groups excluding carboxylic acids is 1. The summed E-state index contributed by atoms with van der Waals surface area (Å²) in [4.78, 5) is 14.6. The van der Waals surface area contributed by atoms with E-state index in [1.807, 2.05) is 0 Å². The predicted octanol–water partition coefficient (Wildman–Crippen LogP) is 1.63. The van der Waals surface area contributed by atoms with Crippen LogP contribution in [0.4, 0.5) is 0 Å². The molecule has 1 N–H and O–H groups in total. The fourth-order valence-corrected chi connectivity index (χ4v) is 2.89. The molecule has 0 saturated carbocycles. The average Bonchev–Trinajstić information content (AvgIpc) is 3.12. The number of benzene rings is 1. The Bertz CT molecular complexity index is 504. The summed E-state index contributed by atoms with van der Waals surface area (Å²) in [5.41, 5.74) is 0.621. The van der Waals surface area contributed by atoms with Gasteiger partial charge < -0.3 is 14.8 Å². The molecule has 1 aromatic carbocycles. The number of nitrogens with zero attached hydrogens (tertiary/aromatic N) is 1. The Morgan fingerprint density at radius 2 is 2.25 bits per heavy atom. The van der Waals surface area contributed by atoms with Crippen LogP contribution in [0.3, 0.4) is 0 Å². The third-order valence-corrected chi connectivity index (χ3v) is 4.04. The van der Waals surface area contributed by atoms with Gasteiger partial charge in [0.15, 0.2) is 11.5 Å². The highest BCUT2D eigenvalue weighted by Crippen LogP contribution is 2.32. The van der Waals surface area contributed by atoms with Gasteiger partial charge in [-0.25, -0.2) is 0 Å². The molecule has 1 atom stereocenters. The fourth-order valence-electron chi connectivity index (χ4n) is 2.89. The van der Waals surface area contributed by atoms with Crippen LogP contribution in [0.2, 0.25) is 0 Å². The summed E-state index contributed by atoms with van der Waals surface area (Å²) < 4.78 is 10.5. The van der Waals surface area contributed by atoms with Crippen LogP contribution in [-0.2, 0) is 0 Å². The van der Waals surface area contributed by atoms with E-state index in [0.717, 1.165) is 19.5 Å². The lowest BCUT2D eigenvalue weighted by molar-refractivity contribution is 0.0941. The topological polar surface area (TPSA) is 50.8 Å². The molecule has 0 spiro atoms. The zero-order valence-electron chi connectivity index (χ0n) is 11.7. The number of likely N-dealkylation sites (tertiary alicyclic amines) is 1. The van der Waals surface area contributed by atoms with Crippen LogP contribution in [0.1, 0.15) is 30.1 Å². The van der Waals surface area contributed by atoms with Crippen molar-refractivity contribution in [2.45, 2.75) is 25.8 Å². The van der Waals surface area contributed by atoms with E-state index >= 15 is 0 Å². The first-order valence-electron chi connectivity index (χ1n) is 7.20. The first-order chi connectivity index (χ1) is 9.78. The number of likely N-dealkylation sites (N-methyl/N-ethyl adjacent to an activating group) is 1. The van der Waals surface area contributed by atoms with Gasteiger partial charge in [-0.3, -0.25) is 9.69 Å². The molecule has 5 heteroatoms. The molecule has 0 bridgehead atoms. The Kier molecular flexibility index (Phi) is 3.78. The summed E-state index contributed by atoms with van der Waals surface area (Å²) in [5.74, 6) is 1.30. The number of amides is 1. The van der Waals surface area contributed by atoms with Gasteiger partial charge in [-0.15, -0.1) is 0 Å². The van der Waals surface area contributed by atoms with E-state index in [2.05, 4.69) is 17.1 Å². The number of carbonyl (C=O) groups is 1. The van der Waals surface area contributed by atoms with Crippen molar-refractivity contribution in [2.75, 3.05) is 26.4 Å². The van der Waals surface area contributed by atoms with Crippen LogP contribution in [0.5, 0.6) is 11.5 Å². The third-order valence-electron chi connectivity index (χ3n) is 4.04. The Hall–Kier alpha value is -1.75. The SMILES string of the molecule is CCN1CCCC1CNC(=O)c1ccc2c(c1)OCO2. The quantitative estimate of drug-likeness (QED) is 0.908. The van der Waals surface area contributed by atoms with Gasteiger partial charge in [-0.05, 0) is 44.1 Å². The number of fused-ring (bicyclic) bond motifs is 1. The summed E-state index contributed by atoms with van der Waals surface area (Å²) in [5, 5.41) is 3.02. The highest BCUT2D eigenvalue weighted by atomic mass is 16.7. The van der Waals surface area contributed by atoms with E-state index in [1.54, 1.807) is 18.2 Å². The third kappa shape index (κ3) is 2.58. The summed E-state index contributed by atoms with van der Waals surface area (Å²) >= 11 is 0. The molecule has 2 heterocycles. The van der Waals surface area contributed by atoms with E-state index in [9.17, 15) is 4.79 Å². The normalized spacial score (nSPS) is 21.1. The van der Waals surface area contributed by atoms with Gasteiger partial charge in [0.05, 0.1) is 0 Å². The Morgan fingerprint density at radius 3 is 3.10 bits per heavy atom. The Morgan fingerprint density at radius 1 is 1.40 bits per heavy atom. The molecule has 5 nitrogen and oxygen atoms in total. The standard InChI is InChI=1S/C15H20N2O3/c1-2-17-7-3-4-12(17)9-16-15(18)11-5-6-13-14(8-11)20-10-19-13/h5-6,8,12H,2-4,7,9-10H2,1H3,(H,16,18). The van der Waals surface area contributed by atoms with Crippen LogP contribution in [0.25, 0.3) is 0 Å². The second-order valence-corrected chi connectivity index (χ2v) is 5.20. The lowest BCUT2D eigenvalue weighted by atomic mass is 10.1. The summed E-state index contributed by atoms with van der Waals surface area (Å²) in [6.45, 7) is 5.29. The molecule has 3 rings (SSSR count). The first-order valence-corrected chi connectivity index (χ1v) is 7.20. The minimum atomic E-state index is -0.0498. The van der Waals surface area contributed by atoms with Crippen molar-refractivity contribution in [3.8, 4) is 11.5 Å². The maximum absolute atomic E-state index is 12.2. The maximum Gasteiger partial charge on any atom is 0.251 e. The van der Waals surface area contributed by atoms with Crippen molar-refractivity contribution in [1.82, 2.24) is 10.2 Å². The fraction of sp³-hybridized carbons (Fsp3) is 0.533. The summed E-state index contributed by atoms with van der Waals surface area (Å²) in [6, 6.07) is 5.77. The largest absolute Gasteiger partial charge is 0.454 e. The number of rotatable bonds is 4. The molecule has 1 amide bonds. The lowest BCUT2D eigenvalue weighted by Crippen LogP contribution is -2.40. The van der Waals surface area contributed by atoms with E-state index in [4.69, 9.17) is 9.47 Å². The zero-order chi connectivity index (χ0) is 13.9. The van der Waals surface area contributed by atoms with Gasteiger partial charge >= 0.3 is 0 Å². The van der Waals surface area contributed by atoms with Crippen LogP contribution >= 0.6 is 0 Å². The average molecular weight is 276 g/mol. The molecule has 1 saturated heterocycles. The van der Waals surface area contributed by atoms with Crippen LogP contribution in [-0.4, -0.2) is 43.3 Å². The van der Waals surface area contributed by atoms with Crippen molar-refractivity contribution in [1.29, 1.82) is 0 Å². The van der Waals surface area contributed by atoms with Gasteiger partial charge in [-0.1, -0.05) is 6.92 Å². The smallest absolute Gasteiger partial charge is 0.251 e. The molecule has 108 valence electrons. The van der Waals surface area contributed by atoms with Crippen LogP contribution < -0.4 is 14.8 Å². The number of hydrogen-bond acceptors (Lipinski definition) is 4. The molecule has 1 aromatic rings. The second-order valence-electron chi connectivity index (χ2n) is 5.20. The molecular weight excluding hydrogens is 256 g/mol. The number of hydrogen-bond donors (Lipinski definition) is 1. The minimum absolute atomic E-state index is 0.0498. The summed E-state index contributed by atoms with van der Waals surface area (Å²) in [6.07, 6.45) is 2.38.